The van der Waals surface area contributed by atoms with Crippen LogP contribution in [-0.4, -0.2) is 65.9 Å². The third-order valence-corrected chi connectivity index (χ3v) is 7.71. The molecule has 2 fully saturated rings. The molecule has 35 heavy (non-hydrogen) atoms. The third kappa shape index (κ3) is 5.40. The fourth-order valence-electron chi connectivity index (χ4n) is 5.93. The lowest BCUT2D eigenvalue weighted by atomic mass is 9.68. The number of amides is 2. The summed E-state index contributed by atoms with van der Waals surface area (Å²) in [6.45, 7) is 10.9. The van der Waals surface area contributed by atoms with Gasteiger partial charge in [0, 0.05) is 37.8 Å². The van der Waals surface area contributed by atoms with Gasteiger partial charge in [-0.3, -0.25) is 9.59 Å². The van der Waals surface area contributed by atoms with E-state index >= 15 is 0 Å². The summed E-state index contributed by atoms with van der Waals surface area (Å²) < 4.78 is 13.5. The van der Waals surface area contributed by atoms with Crippen LogP contribution in [0.15, 0.2) is 36.4 Å². The zero-order chi connectivity index (χ0) is 25.3. The fraction of sp³-hybridized carbons (Fsp3) is 0.536. The maximum Gasteiger partial charge on any atom is 0.270 e. The number of halogens is 1. The van der Waals surface area contributed by atoms with Crippen molar-refractivity contribution in [1.82, 2.24) is 20.1 Å². The van der Waals surface area contributed by atoms with Gasteiger partial charge in [-0.15, -0.1) is 0 Å². The number of piperidine rings is 1. The molecule has 2 aliphatic heterocycles. The molecule has 7 heteroatoms. The second-order valence-electron chi connectivity index (χ2n) is 10.9. The summed E-state index contributed by atoms with van der Waals surface area (Å²) in [4.78, 5) is 35.1. The highest BCUT2D eigenvalue weighted by atomic mass is 19.1. The Labute approximate surface area is 207 Å². The van der Waals surface area contributed by atoms with Gasteiger partial charge in [-0.05, 0) is 80.5 Å². The van der Waals surface area contributed by atoms with Crippen molar-refractivity contribution in [1.29, 1.82) is 0 Å². The summed E-state index contributed by atoms with van der Waals surface area (Å²) in [5.41, 5.74) is 3.33. The molecule has 2 amide bonds. The van der Waals surface area contributed by atoms with E-state index in [2.05, 4.69) is 22.2 Å². The second kappa shape index (κ2) is 10.1. The van der Waals surface area contributed by atoms with Gasteiger partial charge in [-0.2, -0.15) is 0 Å². The van der Waals surface area contributed by atoms with Gasteiger partial charge in [0.05, 0.1) is 0 Å². The van der Waals surface area contributed by atoms with Gasteiger partial charge in [0.2, 0.25) is 5.91 Å². The van der Waals surface area contributed by atoms with Crippen molar-refractivity contribution in [3.63, 3.8) is 0 Å². The van der Waals surface area contributed by atoms with Crippen LogP contribution >= 0.6 is 0 Å². The van der Waals surface area contributed by atoms with E-state index in [0.29, 0.717) is 24.7 Å². The number of carbonyl (C=O) groups excluding carboxylic acids is 2. The van der Waals surface area contributed by atoms with E-state index in [1.165, 1.54) is 5.56 Å². The summed E-state index contributed by atoms with van der Waals surface area (Å²) in [6.07, 6.45) is 1.78. The quantitative estimate of drug-likeness (QED) is 0.704. The minimum Gasteiger partial charge on any atom is -0.341 e. The van der Waals surface area contributed by atoms with Crippen molar-refractivity contribution in [3.8, 4) is 0 Å². The minimum atomic E-state index is -0.599. The Bertz CT molecular complexity index is 1060. The number of likely N-dealkylation sites (tertiary alicyclic amines) is 2. The van der Waals surface area contributed by atoms with Crippen molar-refractivity contribution < 1.29 is 14.0 Å². The van der Waals surface area contributed by atoms with Crippen molar-refractivity contribution in [3.05, 3.63) is 64.7 Å². The van der Waals surface area contributed by atoms with Gasteiger partial charge in [-0.25, -0.2) is 9.37 Å². The number of nitrogens with one attached hydrogen (secondary N) is 1. The van der Waals surface area contributed by atoms with Crippen LogP contribution in [0, 0.1) is 31.0 Å². The lowest BCUT2D eigenvalue weighted by molar-refractivity contribution is -0.136. The number of pyridine rings is 1. The van der Waals surface area contributed by atoms with Gasteiger partial charge in [-0.1, -0.05) is 26.0 Å². The maximum absolute atomic E-state index is 13.5. The third-order valence-electron chi connectivity index (χ3n) is 7.71. The second-order valence-corrected chi connectivity index (χ2v) is 10.9. The standard InChI is InChI=1S/C28H37FN4O2/c1-18(2)25(31-26(34)24-15-19(3)14-20(4)30-24)27(35)33-12-10-28(11-13-33)17-32(5)16-23(28)21-6-8-22(29)9-7-21/h6-9,14-15,18,23,25H,10-13,16-17H2,1-5H3,(H,31,34)/t23?,25-/m1/s1. The lowest BCUT2D eigenvalue weighted by Crippen LogP contribution is -2.54. The van der Waals surface area contributed by atoms with Gasteiger partial charge in [0.25, 0.3) is 5.91 Å². The van der Waals surface area contributed by atoms with Crippen LogP contribution < -0.4 is 5.32 Å². The number of aromatic nitrogens is 1. The average molecular weight is 481 g/mol. The first kappa shape index (κ1) is 25.3. The normalized spacial score (nSPS) is 20.9. The summed E-state index contributed by atoms with van der Waals surface area (Å²) in [6, 6.07) is 9.97. The molecule has 1 aromatic carbocycles. The van der Waals surface area contributed by atoms with E-state index in [0.717, 1.165) is 37.2 Å². The molecule has 6 nitrogen and oxygen atoms in total. The monoisotopic (exact) mass is 480 g/mol. The number of carbonyl (C=O) groups is 2. The first-order chi connectivity index (χ1) is 16.6. The molecule has 0 saturated carbocycles. The largest absolute Gasteiger partial charge is 0.341 e. The highest BCUT2D eigenvalue weighted by molar-refractivity contribution is 5.96. The van der Waals surface area contributed by atoms with Crippen LogP contribution in [0.1, 0.15) is 59.9 Å². The van der Waals surface area contributed by atoms with E-state index in [9.17, 15) is 14.0 Å². The molecule has 0 radical (unpaired) electrons. The maximum atomic E-state index is 13.5. The zero-order valence-electron chi connectivity index (χ0n) is 21.5. The predicted molar refractivity (Wildman–Crippen MR) is 135 cm³/mol. The SMILES string of the molecule is Cc1cc(C)nc(C(=O)N[C@@H](C(=O)N2CCC3(CC2)CN(C)CC3c2ccc(F)cc2)C(C)C)c1. The Morgan fingerprint density at radius 3 is 2.37 bits per heavy atom. The first-order valence-corrected chi connectivity index (χ1v) is 12.6. The smallest absolute Gasteiger partial charge is 0.270 e. The fourth-order valence-corrected chi connectivity index (χ4v) is 5.93. The highest BCUT2D eigenvalue weighted by Gasteiger charge is 2.48. The molecule has 0 aliphatic carbocycles. The minimum absolute atomic E-state index is 0.0303. The molecule has 1 N–H and O–H groups in total. The number of likely N-dealkylation sites (N-methyl/N-ethyl adjacent to an activating group) is 1. The van der Waals surface area contributed by atoms with Gasteiger partial charge >= 0.3 is 0 Å². The number of aryl methyl sites for hydroxylation is 2. The molecule has 2 aromatic rings. The Kier molecular flexibility index (Phi) is 7.27. The Morgan fingerprint density at radius 2 is 1.77 bits per heavy atom. The molecule has 1 aromatic heterocycles. The van der Waals surface area contributed by atoms with Crippen LogP contribution in [0.5, 0.6) is 0 Å². The van der Waals surface area contributed by atoms with Gasteiger partial charge in [0.1, 0.15) is 17.6 Å². The van der Waals surface area contributed by atoms with E-state index in [1.807, 2.05) is 50.8 Å². The summed E-state index contributed by atoms with van der Waals surface area (Å²) >= 11 is 0. The Morgan fingerprint density at radius 1 is 1.11 bits per heavy atom. The molecule has 1 unspecified atom stereocenters. The van der Waals surface area contributed by atoms with E-state index < -0.39 is 6.04 Å². The average Bonchev–Trinajstić information content (AvgIpc) is 3.12. The highest BCUT2D eigenvalue weighted by Crippen LogP contribution is 2.49. The lowest BCUT2D eigenvalue weighted by Gasteiger charge is -2.44. The molecular formula is C28H37FN4O2. The Balaban J connectivity index is 1.45. The number of rotatable bonds is 5. The molecule has 3 heterocycles. The molecular weight excluding hydrogens is 443 g/mol. The molecule has 1 spiro atoms. The molecule has 0 bridgehead atoms. The van der Waals surface area contributed by atoms with E-state index in [4.69, 9.17) is 0 Å². The van der Waals surface area contributed by atoms with Gasteiger partial charge < -0.3 is 15.1 Å². The van der Waals surface area contributed by atoms with Crippen molar-refractivity contribution in [2.75, 3.05) is 33.2 Å². The zero-order valence-corrected chi connectivity index (χ0v) is 21.5. The van der Waals surface area contributed by atoms with Crippen LogP contribution in [0.2, 0.25) is 0 Å². The van der Waals surface area contributed by atoms with Crippen LogP contribution in [-0.2, 0) is 4.79 Å². The number of hydrogen-bond acceptors (Lipinski definition) is 4. The summed E-state index contributed by atoms with van der Waals surface area (Å²) in [7, 11) is 2.13. The molecule has 2 saturated heterocycles. The summed E-state index contributed by atoms with van der Waals surface area (Å²) in [5, 5.41) is 2.96. The van der Waals surface area contributed by atoms with Crippen LogP contribution in [0.25, 0.3) is 0 Å². The van der Waals surface area contributed by atoms with Crippen LogP contribution in [0.4, 0.5) is 4.39 Å². The molecule has 4 rings (SSSR count). The van der Waals surface area contributed by atoms with Gasteiger partial charge in [0.15, 0.2) is 0 Å². The topological polar surface area (TPSA) is 65.5 Å². The molecule has 188 valence electrons. The van der Waals surface area contributed by atoms with Crippen molar-refractivity contribution in [2.24, 2.45) is 11.3 Å². The number of hydrogen-bond donors (Lipinski definition) is 1. The molecule has 2 atom stereocenters. The predicted octanol–water partition coefficient (Wildman–Crippen LogP) is 3.93. The number of nitrogens with zero attached hydrogens (tertiary/aromatic N) is 3. The van der Waals surface area contributed by atoms with Crippen molar-refractivity contribution in [2.45, 2.75) is 52.5 Å². The van der Waals surface area contributed by atoms with Crippen LogP contribution in [0.3, 0.4) is 0 Å². The van der Waals surface area contributed by atoms with Crippen molar-refractivity contribution >= 4 is 11.8 Å². The summed E-state index contributed by atoms with van der Waals surface area (Å²) in [5.74, 6) is -0.282. The molecule has 2 aliphatic rings. The van der Waals surface area contributed by atoms with E-state index in [1.54, 1.807) is 18.2 Å². The first-order valence-electron chi connectivity index (χ1n) is 12.6. The van der Waals surface area contributed by atoms with E-state index in [-0.39, 0.29) is 29.0 Å². The Hall–Kier alpha value is -2.80. The number of benzene rings is 1.